The van der Waals surface area contributed by atoms with Crippen molar-refractivity contribution in [2.45, 2.75) is 43.0 Å². The van der Waals surface area contributed by atoms with Crippen LogP contribution in [0.25, 0.3) is 0 Å². The number of hydrogen-bond acceptors (Lipinski definition) is 5. The molecule has 1 fully saturated rings. The zero-order valence-electron chi connectivity index (χ0n) is 11.0. The van der Waals surface area contributed by atoms with Crippen LogP contribution in [0.1, 0.15) is 42.5 Å². The van der Waals surface area contributed by atoms with Crippen LogP contribution in [0.15, 0.2) is 23.1 Å². The Hall–Kier alpha value is -1.40. The van der Waals surface area contributed by atoms with Crippen LogP contribution in [0.2, 0.25) is 0 Å². The van der Waals surface area contributed by atoms with Gasteiger partial charge < -0.3 is 0 Å². The minimum atomic E-state index is -0.449. The van der Waals surface area contributed by atoms with Gasteiger partial charge in [-0.15, -0.1) is 0 Å². The first-order chi connectivity index (χ1) is 9.66. The molecule has 0 bridgehead atoms. The molecule has 1 N–H and O–H groups in total. The summed E-state index contributed by atoms with van der Waals surface area (Å²) in [6.45, 7) is 0. The summed E-state index contributed by atoms with van der Waals surface area (Å²) in [6, 6.07) is 4.32. The van der Waals surface area contributed by atoms with Crippen molar-refractivity contribution in [3.63, 3.8) is 0 Å². The molecular weight excluding hydrogens is 276 g/mol. The Bertz CT molecular complexity index is 555. The quantitative estimate of drug-likeness (QED) is 0.514. The molecule has 0 amide bonds. The molecule has 1 heterocycles. The number of nitrogens with zero attached hydrogens (tertiary/aromatic N) is 1. The molecule has 0 aromatic heterocycles. The van der Waals surface area contributed by atoms with Crippen molar-refractivity contribution in [1.82, 2.24) is 4.72 Å². The van der Waals surface area contributed by atoms with Gasteiger partial charge in [-0.2, -0.15) is 0 Å². The Labute approximate surface area is 121 Å². The van der Waals surface area contributed by atoms with E-state index in [-0.39, 0.29) is 17.5 Å². The molecule has 0 spiro atoms. The van der Waals surface area contributed by atoms with Gasteiger partial charge in [-0.25, -0.2) is 4.72 Å². The normalized spacial score (nSPS) is 23.4. The van der Waals surface area contributed by atoms with Crippen molar-refractivity contribution in [2.75, 3.05) is 0 Å². The molecule has 20 heavy (non-hydrogen) atoms. The zero-order valence-corrected chi connectivity index (χ0v) is 11.8. The minimum Gasteiger partial charge on any atom is -0.292 e. The molecule has 106 valence electrons. The van der Waals surface area contributed by atoms with Gasteiger partial charge >= 0.3 is 0 Å². The molecule has 0 saturated heterocycles. The standard InChI is InChI=1S/C14H16N2O3S/c17-14-11-8-10(16(18)19)6-7-12(11)20-15-13(14)9-4-2-1-3-5-9/h6-9,13,15H,1-5H2. The average molecular weight is 292 g/mol. The van der Waals surface area contributed by atoms with Gasteiger partial charge in [-0.05, 0) is 36.8 Å². The molecule has 1 atom stereocenters. The van der Waals surface area contributed by atoms with E-state index in [1.165, 1.54) is 43.3 Å². The van der Waals surface area contributed by atoms with E-state index in [1.54, 1.807) is 6.07 Å². The van der Waals surface area contributed by atoms with Crippen molar-refractivity contribution in [1.29, 1.82) is 0 Å². The zero-order chi connectivity index (χ0) is 14.1. The topological polar surface area (TPSA) is 72.2 Å². The molecule has 6 heteroatoms. The van der Waals surface area contributed by atoms with E-state index in [0.29, 0.717) is 11.5 Å². The summed E-state index contributed by atoms with van der Waals surface area (Å²) in [6.07, 6.45) is 5.71. The molecule has 1 unspecified atom stereocenters. The number of nitrogens with one attached hydrogen (secondary N) is 1. The van der Waals surface area contributed by atoms with Gasteiger partial charge in [0.2, 0.25) is 0 Å². The van der Waals surface area contributed by atoms with Crippen LogP contribution in [0.3, 0.4) is 0 Å². The van der Waals surface area contributed by atoms with Crippen molar-refractivity contribution in [3.8, 4) is 0 Å². The lowest BCUT2D eigenvalue weighted by atomic mass is 9.81. The second kappa shape index (κ2) is 5.54. The molecule has 5 nitrogen and oxygen atoms in total. The number of benzene rings is 1. The number of nitro groups is 1. The van der Waals surface area contributed by atoms with Crippen LogP contribution < -0.4 is 4.72 Å². The Morgan fingerprint density at radius 1 is 1.25 bits per heavy atom. The maximum atomic E-state index is 12.6. The number of nitro benzene ring substituents is 1. The molecule has 2 aliphatic rings. The third kappa shape index (κ3) is 2.45. The fourth-order valence-electron chi connectivity index (χ4n) is 3.04. The van der Waals surface area contributed by atoms with Crippen LogP contribution in [-0.4, -0.2) is 16.7 Å². The van der Waals surface area contributed by atoms with Crippen LogP contribution in [-0.2, 0) is 0 Å². The summed E-state index contributed by atoms with van der Waals surface area (Å²) in [5, 5.41) is 10.8. The van der Waals surface area contributed by atoms with E-state index in [1.807, 2.05) is 0 Å². The highest BCUT2D eigenvalue weighted by Crippen LogP contribution is 2.36. The van der Waals surface area contributed by atoms with Gasteiger partial charge in [-0.3, -0.25) is 14.9 Å². The summed E-state index contributed by atoms with van der Waals surface area (Å²) < 4.78 is 3.24. The minimum absolute atomic E-state index is 0.00866. The fraction of sp³-hybridized carbons (Fsp3) is 0.500. The Balaban J connectivity index is 1.88. The number of ketones is 1. The highest BCUT2D eigenvalue weighted by Gasteiger charge is 2.35. The van der Waals surface area contributed by atoms with Crippen LogP contribution in [0.5, 0.6) is 0 Å². The van der Waals surface area contributed by atoms with Gasteiger partial charge in [-0.1, -0.05) is 19.3 Å². The summed E-state index contributed by atoms with van der Waals surface area (Å²) in [5.74, 6) is 0.366. The number of rotatable bonds is 2. The first-order valence-electron chi connectivity index (χ1n) is 6.92. The van der Waals surface area contributed by atoms with Crippen LogP contribution in [0.4, 0.5) is 5.69 Å². The second-order valence-electron chi connectivity index (χ2n) is 5.40. The number of non-ortho nitro benzene ring substituents is 1. The van der Waals surface area contributed by atoms with Gasteiger partial charge in [0, 0.05) is 22.6 Å². The van der Waals surface area contributed by atoms with Crippen molar-refractivity contribution in [3.05, 3.63) is 33.9 Å². The second-order valence-corrected chi connectivity index (χ2v) is 6.28. The number of Topliss-reactive ketones (excluding diaryl/α,β-unsaturated/α-hetero) is 1. The maximum absolute atomic E-state index is 12.6. The highest BCUT2D eigenvalue weighted by molar-refractivity contribution is 7.97. The molecular formula is C14H16N2O3S. The Morgan fingerprint density at radius 2 is 2.00 bits per heavy atom. The van der Waals surface area contributed by atoms with E-state index in [0.717, 1.165) is 17.7 Å². The molecule has 1 saturated carbocycles. The molecule has 0 radical (unpaired) electrons. The summed E-state index contributed by atoms with van der Waals surface area (Å²) >= 11 is 1.42. The predicted molar refractivity (Wildman–Crippen MR) is 76.8 cm³/mol. The lowest BCUT2D eigenvalue weighted by Gasteiger charge is -2.32. The summed E-state index contributed by atoms with van der Waals surface area (Å²) in [7, 11) is 0. The van der Waals surface area contributed by atoms with E-state index >= 15 is 0 Å². The summed E-state index contributed by atoms with van der Waals surface area (Å²) in [4.78, 5) is 23.8. The van der Waals surface area contributed by atoms with Crippen LogP contribution >= 0.6 is 11.9 Å². The monoisotopic (exact) mass is 292 g/mol. The van der Waals surface area contributed by atoms with Crippen molar-refractivity contribution < 1.29 is 9.72 Å². The molecule has 1 aromatic carbocycles. The highest BCUT2D eigenvalue weighted by atomic mass is 32.2. The molecule has 1 aromatic rings. The first-order valence-corrected chi connectivity index (χ1v) is 7.73. The molecule has 3 rings (SSSR count). The molecule has 1 aliphatic heterocycles. The van der Waals surface area contributed by atoms with Crippen LogP contribution in [0, 0.1) is 16.0 Å². The largest absolute Gasteiger partial charge is 0.292 e. The lowest BCUT2D eigenvalue weighted by molar-refractivity contribution is -0.384. The van der Waals surface area contributed by atoms with Gasteiger partial charge in [0.1, 0.15) is 0 Å². The molecule has 1 aliphatic carbocycles. The van der Waals surface area contributed by atoms with Gasteiger partial charge in [0.05, 0.1) is 11.0 Å². The SMILES string of the molecule is O=C1c2cc([N+](=O)[O-])ccc2SNC1C1CCCCC1. The van der Waals surface area contributed by atoms with Crippen molar-refractivity contribution in [2.24, 2.45) is 5.92 Å². The van der Waals surface area contributed by atoms with Crippen molar-refractivity contribution >= 4 is 23.4 Å². The average Bonchev–Trinajstić information content (AvgIpc) is 2.48. The smallest absolute Gasteiger partial charge is 0.270 e. The van der Waals surface area contributed by atoms with Gasteiger partial charge in [0.25, 0.3) is 5.69 Å². The third-order valence-electron chi connectivity index (χ3n) is 4.14. The Kier molecular flexibility index (Phi) is 3.76. The number of hydrogen-bond donors (Lipinski definition) is 1. The van der Waals surface area contributed by atoms with E-state index in [2.05, 4.69) is 4.72 Å². The first kappa shape index (κ1) is 13.6. The third-order valence-corrected chi connectivity index (χ3v) is 5.09. The Morgan fingerprint density at radius 3 is 2.70 bits per heavy atom. The van der Waals surface area contributed by atoms with Gasteiger partial charge in [0.15, 0.2) is 5.78 Å². The number of carbonyl (C=O) groups excluding carboxylic acids is 1. The predicted octanol–water partition coefficient (Wildman–Crippen LogP) is 3.34. The summed E-state index contributed by atoms with van der Waals surface area (Å²) in [5.41, 5.74) is 0.487. The number of fused-ring (bicyclic) bond motifs is 1. The lowest BCUT2D eigenvalue weighted by Crippen LogP contribution is -2.43. The fourth-order valence-corrected chi connectivity index (χ4v) is 4.00. The van der Waals surface area contributed by atoms with E-state index < -0.39 is 4.92 Å². The maximum Gasteiger partial charge on any atom is 0.270 e. The van der Waals surface area contributed by atoms with E-state index in [4.69, 9.17) is 0 Å². The van der Waals surface area contributed by atoms with E-state index in [9.17, 15) is 14.9 Å². The number of carbonyl (C=O) groups is 1.